The zero-order chi connectivity index (χ0) is 16.6. The Morgan fingerprint density at radius 1 is 1.43 bits per heavy atom. The third kappa shape index (κ3) is 2.98. The molecule has 0 aromatic carbocycles. The smallest absolute Gasteiger partial charge is 0.306 e. The first kappa shape index (κ1) is 16.0. The molecule has 1 aliphatic heterocycles. The predicted molar refractivity (Wildman–Crippen MR) is 84.2 cm³/mol. The normalized spacial score (nSPS) is 16.3. The maximum Gasteiger partial charge on any atom is 0.418 e. The van der Waals surface area contributed by atoms with Gasteiger partial charge in [-0.15, -0.1) is 11.3 Å². The van der Waals surface area contributed by atoms with Crippen LogP contribution in [0.2, 0.25) is 0 Å². The van der Waals surface area contributed by atoms with Crippen molar-refractivity contribution in [1.29, 1.82) is 0 Å². The molecule has 0 radical (unpaired) electrons. The third-order valence-electron chi connectivity index (χ3n) is 3.07. The number of allylic oxidation sites excluding steroid dienone is 1. The highest BCUT2D eigenvalue weighted by atomic mass is 32.2. The van der Waals surface area contributed by atoms with E-state index < -0.39 is 23.2 Å². The minimum Gasteiger partial charge on any atom is -0.306 e. The second kappa shape index (κ2) is 5.97. The molecule has 0 spiro atoms. The van der Waals surface area contributed by atoms with Crippen LogP contribution in [0.25, 0.3) is 11.1 Å². The fourth-order valence-electron chi connectivity index (χ4n) is 2.21. The van der Waals surface area contributed by atoms with E-state index in [0.717, 1.165) is 17.1 Å². The van der Waals surface area contributed by atoms with Crippen LogP contribution < -0.4 is 5.32 Å². The maximum atomic E-state index is 13.5. The molecule has 9 heteroatoms. The van der Waals surface area contributed by atoms with Gasteiger partial charge in [-0.2, -0.15) is 13.2 Å². The molecule has 1 N–H and O–H groups in total. The topological polar surface area (TPSA) is 54.9 Å². The van der Waals surface area contributed by atoms with Crippen LogP contribution in [-0.2, 0) is 4.79 Å². The fraction of sp³-hybridized carbons (Fsp3) is 0.214. The Balaban J connectivity index is 2.21. The summed E-state index contributed by atoms with van der Waals surface area (Å²) >= 11 is 2.28. The van der Waals surface area contributed by atoms with E-state index in [4.69, 9.17) is 0 Å². The van der Waals surface area contributed by atoms with Gasteiger partial charge in [0.15, 0.2) is 5.16 Å². The van der Waals surface area contributed by atoms with Crippen molar-refractivity contribution in [3.63, 3.8) is 0 Å². The summed E-state index contributed by atoms with van der Waals surface area (Å²) in [6, 6.07) is 2.85. The molecule has 4 nitrogen and oxygen atoms in total. The summed E-state index contributed by atoms with van der Waals surface area (Å²) in [6.07, 6.45) is -3.39. The van der Waals surface area contributed by atoms with E-state index >= 15 is 0 Å². The quantitative estimate of drug-likeness (QED) is 0.511. The number of rotatable bonds is 3. The van der Waals surface area contributed by atoms with Crippen molar-refractivity contribution in [3.05, 3.63) is 34.2 Å². The van der Waals surface area contributed by atoms with Crippen LogP contribution >= 0.6 is 23.1 Å². The minimum atomic E-state index is -4.66. The average Bonchev–Trinajstić information content (AvgIpc) is 3.07. The standard InChI is InChI=1S/C14H10F3N3OS2/c1-2-22-13-18-6-7-9(12(21)19-11(7)20-13)10(14(15,16)17)8-4-3-5-23-8/h3-6H,2H2,1H3,(H,18,19,20,21). The van der Waals surface area contributed by atoms with Crippen molar-refractivity contribution in [2.45, 2.75) is 18.3 Å². The summed E-state index contributed by atoms with van der Waals surface area (Å²) in [5.74, 6) is 0.0289. The van der Waals surface area contributed by atoms with Crippen LogP contribution in [0.15, 0.2) is 28.9 Å². The van der Waals surface area contributed by atoms with Gasteiger partial charge in [-0.3, -0.25) is 4.79 Å². The van der Waals surface area contributed by atoms with Crippen molar-refractivity contribution >= 4 is 46.0 Å². The summed E-state index contributed by atoms with van der Waals surface area (Å²) in [5.41, 5.74) is -1.30. The molecule has 0 saturated carbocycles. The Bertz CT molecular complexity index is 785. The maximum absolute atomic E-state index is 13.5. The summed E-state index contributed by atoms with van der Waals surface area (Å²) in [6.45, 7) is 1.91. The highest BCUT2D eigenvalue weighted by Crippen LogP contribution is 2.45. The summed E-state index contributed by atoms with van der Waals surface area (Å²) in [5, 5.41) is 4.35. The van der Waals surface area contributed by atoms with E-state index in [2.05, 4.69) is 15.3 Å². The van der Waals surface area contributed by atoms with E-state index in [-0.39, 0.29) is 16.3 Å². The SMILES string of the molecule is CCSc1ncc2c(n1)NC(=O)C2=C(c1cccs1)C(F)(F)F. The van der Waals surface area contributed by atoms with Gasteiger partial charge in [-0.25, -0.2) is 9.97 Å². The molecule has 2 aromatic rings. The van der Waals surface area contributed by atoms with Gasteiger partial charge in [0.2, 0.25) is 0 Å². The predicted octanol–water partition coefficient (Wildman–Crippen LogP) is 4.08. The number of anilines is 1. The van der Waals surface area contributed by atoms with Gasteiger partial charge in [-0.05, 0) is 17.2 Å². The van der Waals surface area contributed by atoms with Crippen LogP contribution in [0.3, 0.4) is 0 Å². The van der Waals surface area contributed by atoms with Gasteiger partial charge in [0.1, 0.15) is 5.82 Å². The van der Waals surface area contributed by atoms with Gasteiger partial charge >= 0.3 is 6.18 Å². The second-order valence-corrected chi connectivity index (χ2v) is 6.71. The van der Waals surface area contributed by atoms with Gasteiger partial charge in [0.05, 0.1) is 11.1 Å². The number of nitrogens with one attached hydrogen (secondary N) is 1. The number of fused-ring (bicyclic) bond motifs is 1. The zero-order valence-electron chi connectivity index (χ0n) is 11.8. The Hall–Kier alpha value is -1.87. The van der Waals surface area contributed by atoms with Crippen LogP contribution in [0.1, 0.15) is 17.4 Å². The van der Waals surface area contributed by atoms with Gasteiger partial charge < -0.3 is 5.32 Å². The number of halogens is 3. The lowest BCUT2D eigenvalue weighted by molar-refractivity contribution is -0.111. The lowest BCUT2D eigenvalue weighted by atomic mass is 10.0. The lowest BCUT2D eigenvalue weighted by Gasteiger charge is -2.12. The molecule has 1 aliphatic rings. The van der Waals surface area contributed by atoms with Gasteiger partial charge in [0, 0.05) is 16.6 Å². The molecule has 0 fully saturated rings. The Kier molecular flexibility index (Phi) is 4.15. The van der Waals surface area contributed by atoms with Crippen molar-refractivity contribution in [2.24, 2.45) is 0 Å². The van der Waals surface area contributed by atoms with Crippen molar-refractivity contribution < 1.29 is 18.0 Å². The number of thiophene rings is 1. The summed E-state index contributed by atoms with van der Waals surface area (Å²) in [7, 11) is 0. The van der Waals surface area contributed by atoms with E-state index in [0.29, 0.717) is 5.16 Å². The van der Waals surface area contributed by atoms with E-state index in [1.165, 1.54) is 35.5 Å². The molecule has 0 bridgehead atoms. The number of amides is 1. The molecule has 3 heterocycles. The van der Waals surface area contributed by atoms with Crippen molar-refractivity contribution in [1.82, 2.24) is 9.97 Å². The van der Waals surface area contributed by atoms with E-state index in [1.807, 2.05) is 6.92 Å². The van der Waals surface area contributed by atoms with Crippen LogP contribution in [-0.4, -0.2) is 27.8 Å². The van der Waals surface area contributed by atoms with E-state index in [9.17, 15) is 18.0 Å². The van der Waals surface area contributed by atoms with E-state index in [1.54, 1.807) is 0 Å². The molecule has 0 unspecified atom stereocenters. The number of aromatic nitrogens is 2. The third-order valence-corrected chi connectivity index (χ3v) is 4.70. The molecule has 0 aliphatic carbocycles. The zero-order valence-corrected chi connectivity index (χ0v) is 13.4. The summed E-state index contributed by atoms with van der Waals surface area (Å²) in [4.78, 5) is 20.3. The number of hydrogen-bond donors (Lipinski definition) is 1. The number of carbonyl (C=O) groups is 1. The van der Waals surface area contributed by atoms with Crippen LogP contribution in [0.5, 0.6) is 0 Å². The first-order valence-corrected chi connectivity index (χ1v) is 8.45. The lowest BCUT2D eigenvalue weighted by Crippen LogP contribution is -2.15. The molecule has 3 rings (SSSR count). The van der Waals surface area contributed by atoms with Crippen LogP contribution in [0, 0.1) is 0 Å². The number of thioether (sulfide) groups is 1. The summed E-state index contributed by atoms with van der Waals surface area (Å²) < 4.78 is 40.6. The fourth-order valence-corrected chi connectivity index (χ4v) is 3.55. The largest absolute Gasteiger partial charge is 0.418 e. The Morgan fingerprint density at radius 2 is 2.22 bits per heavy atom. The highest BCUT2D eigenvalue weighted by molar-refractivity contribution is 7.99. The molecular weight excluding hydrogens is 347 g/mol. The first-order valence-electron chi connectivity index (χ1n) is 6.58. The number of hydrogen-bond acceptors (Lipinski definition) is 5. The molecule has 2 aromatic heterocycles. The molecule has 120 valence electrons. The molecule has 0 saturated heterocycles. The minimum absolute atomic E-state index is 0.0116. The van der Waals surface area contributed by atoms with Crippen molar-refractivity contribution in [3.8, 4) is 0 Å². The number of alkyl halides is 3. The highest BCUT2D eigenvalue weighted by Gasteiger charge is 2.43. The van der Waals surface area contributed by atoms with Gasteiger partial charge in [0.25, 0.3) is 5.91 Å². The second-order valence-electron chi connectivity index (χ2n) is 4.53. The molecule has 0 atom stereocenters. The number of carbonyl (C=O) groups excluding carboxylic acids is 1. The molecular formula is C14H10F3N3OS2. The molecule has 23 heavy (non-hydrogen) atoms. The Morgan fingerprint density at radius 3 is 2.83 bits per heavy atom. The number of nitrogens with zero attached hydrogens (tertiary/aromatic N) is 2. The first-order chi connectivity index (χ1) is 10.9. The van der Waals surface area contributed by atoms with Crippen molar-refractivity contribution in [2.75, 3.05) is 11.1 Å². The molecule has 1 amide bonds. The van der Waals surface area contributed by atoms with Gasteiger partial charge in [-0.1, -0.05) is 24.8 Å². The monoisotopic (exact) mass is 357 g/mol. The average molecular weight is 357 g/mol. The van der Waals surface area contributed by atoms with Crippen LogP contribution in [0.4, 0.5) is 19.0 Å². The Labute approximate surface area is 137 Å².